The number of esters is 4. The maximum atomic E-state index is 13.1. The van der Waals surface area contributed by atoms with Crippen molar-refractivity contribution in [3.05, 3.63) is 0 Å². The summed E-state index contributed by atoms with van der Waals surface area (Å²) in [6.45, 7) is 9.66. The Labute approximate surface area is 613 Å². The van der Waals surface area contributed by atoms with Gasteiger partial charge in [0.05, 0.1) is 26.4 Å². The molecule has 0 amide bonds. The Hall–Kier alpha value is -1.94. The first kappa shape index (κ1) is 98.1. The van der Waals surface area contributed by atoms with E-state index in [1.807, 2.05) is 0 Å². The summed E-state index contributed by atoms with van der Waals surface area (Å²) in [4.78, 5) is 73.1. The van der Waals surface area contributed by atoms with Crippen LogP contribution in [-0.4, -0.2) is 96.7 Å². The van der Waals surface area contributed by atoms with Crippen molar-refractivity contribution in [1.29, 1.82) is 0 Å². The summed E-state index contributed by atoms with van der Waals surface area (Å²) in [5.74, 6) is -0.552. The van der Waals surface area contributed by atoms with E-state index in [0.717, 1.165) is 102 Å². The lowest BCUT2D eigenvalue weighted by Gasteiger charge is -2.21. The lowest BCUT2D eigenvalue weighted by atomic mass is 10.0. The van der Waals surface area contributed by atoms with Gasteiger partial charge in [0, 0.05) is 25.7 Å². The fraction of sp³-hybridized carbons (Fsp3) is 0.951. The largest absolute Gasteiger partial charge is 0.472 e. The number of phosphoric ester groups is 2. The average Bonchev–Trinajstić information content (AvgIpc) is 1.17. The average molecular weight is 1470 g/mol. The first-order valence-electron chi connectivity index (χ1n) is 42.0. The number of aliphatic hydroxyl groups is 1. The molecular formula is C81H158O17P2. The van der Waals surface area contributed by atoms with Crippen LogP contribution < -0.4 is 0 Å². The monoisotopic (exact) mass is 1470 g/mol. The number of aliphatic hydroxyl groups excluding tert-OH is 1. The third kappa shape index (κ3) is 74.3. The quantitative estimate of drug-likeness (QED) is 0.0222. The van der Waals surface area contributed by atoms with E-state index in [9.17, 15) is 43.2 Å². The zero-order valence-electron chi connectivity index (χ0n) is 65.5. The molecule has 100 heavy (non-hydrogen) atoms. The van der Waals surface area contributed by atoms with Gasteiger partial charge in [-0.15, -0.1) is 0 Å². The number of rotatable bonds is 80. The zero-order chi connectivity index (χ0) is 73.5. The van der Waals surface area contributed by atoms with Gasteiger partial charge < -0.3 is 33.8 Å². The zero-order valence-corrected chi connectivity index (χ0v) is 67.3. The summed E-state index contributed by atoms with van der Waals surface area (Å²) in [5, 5.41) is 10.6. The molecule has 0 spiro atoms. The van der Waals surface area contributed by atoms with Gasteiger partial charge in [0.25, 0.3) is 0 Å². The molecule has 0 saturated heterocycles. The van der Waals surface area contributed by atoms with Gasteiger partial charge in [-0.3, -0.25) is 37.3 Å². The van der Waals surface area contributed by atoms with Crippen LogP contribution in [0, 0.1) is 11.8 Å². The maximum Gasteiger partial charge on any atom is 0.472 e. The van der Waals surface area contributed by atoms with E-state index < -0.39 is 97.5 Å². The van der Waals surface area contributed by atoms with Crippen molar-refractivity contribution >= 4 is 39.5 Å². The SMILES string of the molecule is CCCCCCCCCCCCCCCCCCCC(=O)OC[C@H](COP(=O)(O)OC[C@@H](O)COP(=O)(O)OC[C@@H](COC(=O)CCCCCCCCCCCCCC)OC(=O)CCCCCCCCCCCCC(C)C)OC(=O)CCCCCCCCCCCCCCCCCC(C)C. The Bertz CT molecular complexity index is 1920. The van der Waals surface area contributed by atoms with E-state index in [1.165, 1.54) is 244 Å². The number of unbranched alkanes of at least 4 members (excludes halogenated alkanes) is 50. The molecule has 0 heterocycles. The Morgan fingerprint density at radius 2 is 0.460 bits per heavy atom. The van der Waals surface area contributed by atoms with Gasteiger partial charge >= 0.3 is 39.5 Å². The van der Waals surface area contributed by atoms with Gasteiger partial charge in [-0.2, -0.15) is 0 Å². The molecule has 19 heteroatoms. The number of hydrogen-bond acceptors (Lipinski definition) is 15. The molecule has 0 aliphatic rings. The molecule has 0 aromatic carbocycles. The minimum absolute atomic E-state index is 0.107. The van der Waals surface area contributed by atoms with Crippen molar-refractivity contribution in [3.8, 4) is 0 Å². The third-order valence-electron chi connectivity index (χ3n) is 19.0. The van der Waals surface area contributed by atoms with Crippen LogP contribution in [0.2, 0.25) is 0 Å². The van der Waals surface area contributed by atoms with Gasteiger partial charge in [-0.05, 0) is 37.5 Å². The first-order valence-corrected chi connectivity index (χ1v) is 45.0. The van der Waals surface area contributed by atoms with E-state index in [-0.39, 0.29) is 25.7 Å². The lowest BCUT2D eigenvalue weighted by molar-refractivity contribution is -0.161. The van der Waals surface area contributed by atoms with Crippen molar-refractivity contribution in [2.45, 2.75) is 445 Å². The first-order chi connectivity index (χ1) is 48.4. The van der Waals surface area contributed by atoms with E-state index in [4.69, 9.17) is 37.0 Å². The molecule has 0 saturated carbocycles. The van der Waals surface area contributed by atoms with Gasteiger partial charge in [0.2, 0.25) is 0 Å². The predicted molar refractivity (Wildman–Crippen MR) is 409 cm³/mol. The summed E-state index contributed by atoms with van der Waals surface area (Å²) >= 11 is 0. The van der Waals surface area contributed by atoms with Crippen molar-refractivity contribution in [2.75, 3.05) is 39.6 Å². The maximum absolute atomic E-state index is 13.1. The highest BCUT2D eigenvalue weighted by atomic mass is 31.2. The van der Waals surface area contributed by atoms with Crippen LogP contribution in [0.4, 0.5) is 0 Å². The van der Waals surface area contributed by atoms with Crippen LogP contribution in [0.3, 0.4) is 0 Å². The molecule has 0 aromatic rings. The summed E-state index contributed by atoms with van der Waals surface area (Å²) in [6, 6.07) is 0. The summed E-state index contributed by atoms with van der Waals surface area (Å²) in [7, 11) is -9.92. The topological polar surface area (TPSA) is 237 Å². The van der Waals surface area contributed by atoms with Gasteiger partial charge in [-0.1, -0.05) is 375 Å². The van der Waals surface area contributed by atoms with E-state index in [2.05, 4.69) is 41.5 Å². The van der Waals surface area contributed by atoms with Crippen LogP contribution >= 0.6 is 15.6 Å². The number of ether oxygens (including phenoxy) is 4. The minimum Gasteiger partial charge on any atom is -0.462 e. The predicted octanol–water partition coefficient (Wildman–Crippen LogP) is 24.3. The minimum atomic E-state index is -4.96. The molecule has 0 radical (unpaired) electrons. The molecule has 0 aliphatic heterocycles. The summed E-state index contributed by atoms with van der Waals surface area (Å²) in [6.07, 6.45) is 62.3. The summed E-state index contributed by atoms with van der Waals surface area (Å²) < 4.78 is 68.7. The number of carbonyl (C=O) groups excluding carboxylic acids is 4. The highest BCUT2D eigenvalue weighted by molar-refractivity contribution is 7.47. The molecule has 2 unspecified atom stereocenters. The van der Waals surface area contributed by atoms with E-state index in [1.54, 1.807) is 0 Å². The summed E-state index contributed by atoms with van der Waals surface area (Å²) in [5.41, 5.74) is 0. The third-order valence-corrected chi connectivity index (χ3v) is 20.9. The number of phosphoric acid groups is 2. The van der Waals surface area contributed by atoms with Crippen molar-refractivity contribution in [1.82, 2.24) is 0 Å². The van der Waals surface area contributed by atoms with E-state index in [0.29, 0.717) is 25.7 Å². The Morgan fingerprint density at radius 1 is 0.270 bits per heavy atom. The molecule has 594 valence electrons. The molecule has 3 N–H and O–H groups in total. The van der Waals surface area contributed by atoms with E-state index >= 15 is 0 Å². The fourth-order valence-corrected chi connectivity index (χ4v) is 14.1. The molecular weight excluding hydrogens is 1310 g/mol. The van der Waals surface area contributed by atoms with Crippen LogP contribution in [0.5, 0.6) is 0 Å². The Kier molecular flexibility index (Phi) is 71.2. The highest BCUT2D eigenvalue weighted by Crippen LogP contribution is 2.45. The second-order valence-electron chi connectivity index (χ2n) is 30.1. The van der Waals surface area contributed by atoms with Gasteiger partial charge in [0.1, 0.15) is 19.3 Å². The molecule has 0 fully saturated rings. The number of hydrogen-bond donors (Lipinski definition) is 3. The Balaban J connectivity index is 5.25. The van der Waals surface area contributed by atoms with Crippen LogP contribution in [0.25, 0.3) is 0 Å². The Morgan fingerprint density at radius 3 is 0.680 bits per heavy atom. The second-order valence-corrected chi connectivity index (χ2v) is 33.0. The molecule has 0 bridgehead atoms. The number of carbonyl (C=O) groups is 4. The molecule has 5 atom stereocenters. The smallest absolute Gasteiger partial charge is 0.462 e. The van der Waals surface area contributed by atoms with Crippen LogP contribution in [0.1, 0.15) is 427 Å². The van der Waals surface area contributed by atoms with Crippen molar-refractivity contribution in [3.63, 3.8) is 0 Å². The fourth-order valence-electron chi connectivity index (χ4n) is 12.5. The van der Waals surface area contributed by atoms with Crippen LogP contribution in [-0.2, 0) is 65.4 Å². The molecule has 0 aromatic heterocycles. The van der Waals surface area contributed by atoms with Crippen LogP contribution in [0.15, 0.2) is 0 Å². The molecule has 17 nitrogen and oxygen atoms in total. The molecule has 0 aliphatic carbocycles. The molecule has 0 rings (SSSR count). The lowest BCUT2D eigenvalue weighted by Crippen LogP contribution is -2.30. The van der Waals surface area contributed by atoms with Crippen molar-refractivity contribution < 1.29 is 80.2 Å². The normalized spacial score (nSPS) is 13.9. The van der Waals surface area contributed by atoms with Gasteiger partial charge in [-0.25, -0.2) is 9.13 Å². The van der Waals surface area contributed by atoms with Gasteiger partial charge in [0.15, 0.2) is 12.2 Å². The highest BCUT2D eigenvalue weighted by Gasteiger charge is 2.30. The second kappa shape index (κ2) is 72.6. The van der Waals surface area contributed by atoms with Crippen molar-refractivity contribution in [2.24, 2.45) is 11.8 Å². The standard InChI is InChI=1S/C81H158O17P2/c1-7-9-11-13-15-17-19-21-22-23-26-29-33-40-46-52-58-64-79(84)92-69-76(97-80(85)65-59-53-47-41-34-30-27-24-25-28-31-37-43-49-55-61-73(3)4)71-95-99(87,88)93-67-75(82)68-94-100(89,90)96-72-77(70-91-78(83)63-57-51-45-39-32-20-18-16-14-12-10-8-2)98-81(86)66-60-54-48-42-36-35-38-44-50-56-62-74(5)6/h73-77,82H,7-72H2,1-6H3,(H,87,88)(H,89,90)/t75-,76-,77-/m1/s1.